The Kier molecular flexibility index (Phi) is 2.48. The Morgan fingerprint density at radius 2 is 2.64 bits per heavy atom. The van der Waals surface area contributed by atoms with Gasteiger partial charge < -0.3 is 4.74 Å². The van der Waals surface area contributed by atoms with Gasteiger partial charge in [0.2, 0.25) is 0 Å². The summed E-state index contributed by atoms with van der Waals surface area (Å²) in [5.41, 5.74) is 0. The van der Waals surface area contributed by atoms with Gasteiger partial charge in [0.25, 0.3) is 0 Å². The second-order valence-electron chi connectivity index (χ2n) is 1.90. The highest BCUT2D eigenvalue weighted by atomic mass is 35.5. The minimum absolute atomic E-state index is 0.282. The maximum absolute atomic E-state index is 10.9. The minimum Gasteiger partial charge on any atom is -0.452 e. The van der Waals surface area contributed by atoms with E-state index in [2.05, 4.69) is 9.73 Å². The van der Waals surface area contributed by atoms with Crippen molar-refractivity contribution in [2.45, 2.75) is 0 Å². The Balaban J connectivity index is 2.59. The van der Waals surface area contributed by atoms with Crippen LogP contribution in [0.4, 0.5) is 4.79 Å². The summed E-state index contributed by atoms with van der Waals surface area (Å²) >= 11 is 5.56. The molecular weight excluding hydrogens is 168 g/mol. The van der Waals surface area contributed by atoms with E-state index in [0.29, 0.717) is 5.17 Å². The van der Waals surface area contributed by atoms with Gasteiger partial charge in [0.05, 0.1) is 13.7 Å². The number of aliphatic imine (C=N–C) groups is 1. The summed E-state index contributed by atoms with van der Waals surface area (Å²) in [5.74, 6) is 0. The molecule has 0 aromatic carbocycles. The van der Waals surface area contributed by atoms with Crippen LogP contribution in [0.15, 0.2) is 17.4 Å². The van der Waals surface area contributed by atoms with E-state index in [1.807, 2.05) is 0 Å². The molecule has 0 unspecified atom stereocenters. The molecule has 0 aromatic heterocycles. The summed E-state index contributed by atoms with van der Waals surface area (Å²) in [5, 5.41) is 0.373. The molecule has 60 valence electrons. The first-order valence-corrected chi connectivity index (χ1v) is 3.35. The van der Waals surface area contributed by atoms with Crippen LogP contribution in [0, 0.1) is 0 Å². The summed E-state index contributed by atoms with van der Waals surface area (Å²) in [4.78, 5) is 15.9. The highest BCUT2D eigenvalue weighted by Gasteiger charge is 2.14. The summed E-state index contributed by atoms with van der Waals surface area (Å²) in [6.45, 7) is 0.282. The third kappa shape index (κ3) is 1.94. The Morgan fingerprint density at radius 1 is 1.91 bits per heavy atom. The molecule has 11 heavy (non-hydrogen) atoms. The number of hydrogen-bond donors (Lipinski definition) is 0. The minimum atomic E-state index is -0.436. The number of rotatable bonds is 0. The van der Waals surface area contributed by atoms with Crippen molar-refractivity contribution in [3.63, 3.8) is 0 Å². The standard InChI is InChI=1S/C6H7ClN2O2/c1-11-6(10)9-3-2-8-5(7)4-9/h2-3H,4H2,1H3. The number of carbonyl (C=O) groups excluding carboxylic acids is 1. The number of carbonyl (C=O) groups is 1. The molecule has 5 heteroatoms. The Labute approximate surface area is 69.1 Å². The second kappa shape index (κ2) is 3.39. The number of halogens is 1. The molecule has 0 spiro atoms. The zero-order chi connectivity index (χ0) is 8.27. The lowest BCUT2D eigenvalue weighted by Gasteiger charge is -2.17. The smallest absolute Gasteiger partial charge is 0.413 e. The molecule has 0 aliphatic carbocycles. The van der Waals surface area contributed by atoms with Gasteiger partial charge in [0, 0.05) is 12.4 Å². The van der Waals surface area contributed by atoms with Gasteiger partial charge in [-0.05, 0) is 0 Å². The molecule has 0 aromatic rings. The molecule has 1 rings (SSSR count). The molecule has 0 saturated heterocycles. The van der Waals surface area contributed by atoms with E-state index in [1.165, 1.54) is 24.4 Å². The van der Waals surface area contributed by atoms with Gasteiger partial charge >= 0.3 is 6.09 Å². The van der Waals surface area contributed by atoms with E-state index in [1.54, 1.807) is 0 Å². The molecule has 4 nitrogen and oxygen atoms in total. The van der Waals surface area contributed by atoms with Crippen molar-refractivity contribution >= 4 is 22.9 Å². The maximum Gasteiger partial charge on any atom is 0.413 e. The molecule has 1 aliphatic rings. The van der Waals surface area contributed by atoms with E-state index in [9.17, 15) is 4.79 Å². The Hall–Kier alpha value is -1.03. The second-order valence-corrected chi connectivity index (χ2v) is 2.34. The molecule has 0 saturated carbocycles. The van der Waals surface area contributed by atoms with Crippen LogP contribution in [-0.2, 0) is 4.74 Å². The van der Waals surface area contributed by atoms with E-state index in [-0.39, 0.29) is 6.54 Å². The van der Waals surface area contributed by atoms with Crippen molar-refractivity contribution in [3.8, 4) is 0 Å². The lowest BCUT2D eigenvalue weighted by atomic mass is 10.5. The first-order chi connectivity index (χ1) is 5.24. The fraction of sp³-hybridized carbons (Fsp3) is 0.333. The largest absolute Gasteiger partial charge is 0.452 e. The summed E-state index contributed by atoms with van der Waals surface area (Å²) in [7, 11) is 1.32. The number of ether oxygens (including phenoxy) is 1. The van der Waals surface area contributed by atoms with Crippen molar-refractivity contribution < 1.29 is 9.53 Å². The topological polar surface area (TPSA) is 41.9 Å². The lowest BCUT2D eigenvalue weighted by molar-refractivity contribution is 0.144. The van der Waals surface area contributed by atoms with Gasteiger partial charge in [-0.2, -0.15) is 0 Å². The van der Waals surface area contributed by atoms with Gasteiger partial charge in [-0.15, -0.1) is 0 Å². The summed E-state index contributed by atoms with van der Waals surface area (Å²) in [6, 6.07) is 0. The maximum atomic E-state index is 10.9. The fourth-order valence-corrected chi connectivity index (χ4v) is 0.857. The van der Waals surface area contributed by atoms with Gasteiger partial charge in [0.1, 0.15) is 5.17 Å². The van der Waals surface area contributed by atoms with Crippen molar-refractivity contribution in [2.24, 2.45) is 4.99 Å². The van der Waals surface area contributed by atoms with E-state index in [4.69, 9.17) is 11.6 Å². The zero-order valence-corrected chi connectivity index (χ0v) is 6.71. The van der Waals surface area contributed by atoms with Gasteiger partial charge in [-0.1, -0.05) is 11.6 Å². The van der Waals surface area contributed by atoms with Crippen LogP contribution < -0.4 is 0 Å². The third-order valence-corrected chi connectivity index (χ3v) is 1.39. The van der Waals surface area contributed by atoms with E-state index in [0.717, 1.165) is 0 Å². The third-order valence-electron chi connectivity index (χ3n) is 1.17. The Morgan fingerprint density at radius 3 is 3.18 bits per heavy atom. The molecular formula is C6H7ClN2O2. The zero-order valence-electron chi connectivity index (χ0n) is 5.95. The van der Waals surface area contributed by atoms with Crippen LogP contribution in [-0.4, -0.2) is 29.8 Å². The monoisotopic (exact) mass is 174 g/mol. The van der Waals surface area contributed by atoms with Crippen molar-refractivity contribution in [3.05, 3.63) is 12.4 Å². The quantitative estimate of drug-likeness (QED) is 0.553. The number of hydrogen-bond acceptors (Lipinski definition) is 3. The molecule has 0 N–H and O–H groups in total. The normalized spacial score (nSPS) is 16.2. The van der Waals surface area contributed by atoms with Gasteiger partial charge in [-0.25, -0.2) is 9.79 Å². The summed E-state index contributed by atoms with van der Waals surface area (Å²) < 4.78 is 4.46. The predicted molar refractivity (Wildman–Crippen MR) is 41.5 cm³/mol. The SMILES string of the molecule is COC(=O)N1C=CN=C(Cl)C1. The molecule has 1 aliphatic heterocycles. The average Bonchev–Trinajstić information content (AvgIpc) is 2.03. The van der Waals surface area contributed by atoms with E-state index >= 15 is 0 Å². The molecule has 1 heterocycles. The average molecular weight is 175 g/mol. The molecule has 0 radical (unpaired) electrons. The number of methoxy groups -OCH3 is 1. The molecule has 0 atom stereocenters. The van der Waals surface area contributed by atoms with Gasteiger partial charge in [-0.3, -0.25) is 4.90 Å². The predicted octanol–water partition coefficient (Wildman–Crippen LogP) is 1.18. The van der Waals surface area contributed by atoms with Crippen LogP contribution in [0.3, 0.4) is 0 Å². The number of nitrogens with zero attached hydrogens (tertiary/aromatic N) is 2. The van der Waals surface area contributed by atoms with Gasteiger partial charge in [0.15, 0.2) is 0 Å². The van der Waals surface area contributed by atoms with Crippen molar-refractivity contribution in [2.75, 3.05) is 13.7 Å². The molecule has 1 amide bonds. The number of amides is 1. The molecule has 0 bridgehead atoms. The van der Waals surface area contributed by atoms with Crippen molar-refractivity contribution in [1.82, 2.24) is 4.90 Å². The van der Waals surface area contributed by atoms with E-state index < -0.39 is 6.09 Å². The lowest BCUT2D eigenvalue weighted by Crippen LogP contribution is -2.30. The highest BCUT2D eigenvalue weighted by Crippen LogP contribution is 2.03. The van der Waals surface area contributed by atoms with Crippen molar-refractivity contribution in [1.29, 1.82) is 0 Å². The first kappa shape index (κ1) is 8.07. The first-order valence-electron chi connectivity index (χ1n) is 2.97. The molecule has 0 fully saturated rings. The van der Waals surface area contributed by atoms with Crippen LogP contribution in [0.2, 0.25) is 0 Å². The fourth-order valence-electron chi connectivity index (χ4n) is 0.671. The van der Waals surface area contributed by atoms with Crippen LogP contribution in [0.25, 0.3) is 0 Å². The Bertz CT molecular complexity index is 225. The van der Waals surface area contributed by atoms with Crippen LogP contribution in [0.5, 0.6) is 0 Å². The van der Waals surface area contributed by atoms with Crippen LogP contribution in [0.1, 0.15) is 0 Å². The highest BCUT2D eigenvalue weighted by molar-refractivity contribution is 6.66. The summed E-state index contributed by atoms with van der Waals surface area (Å²) in [6.07, 6.45) is 2.52. The van der Waals surface area contributed by atoms with Crippen LogP contribution >= 0.6 is 11.6 Å².